The van der Waals surface area contributed by atoms with E-state index in [1.54, 1.807) is 9.80 Å². The smallest absolute Gasteiger partial charge is 0.410 e. The fraction of sp³-hybridized carbons (Fsp3) is 0.652. The molecule has 1 aromatic carbocycles. The van der Waals surface area contributed by atoms with Gasteiger partial charge in [-0.05, 0) is 45.6 Å². The second-order valence-electron chi connectivity index (χ2n) is 9.93. The van der Waals surface area contributed by atoms with E-state index in [0.29, 0.717) is 51.9 Å². The van der Waals surface area contributed by atoms with Crippen LogP contribution in [-0.4, -0.2) is 75.3 Å². The minimum Gasteiger partial charge on any atom is -0.444 e. The Labute approximate surface area is 194 Å². The highest BCUT2D eigenvalue weighted by molar-refractivity contribution is 5.76. The van der Waals surface area contributed by atoms with Crippen LogP contribution in [0.25, 0.3) is 0 Å². The van der Waals surface area contributed by atoms with Crippen LogP contribution in [0.1, 0.15) is 52.0 Å². The van der Waals surface area contributed by atoms with E-state index in [1.165, 1.54) is 5.06 Å². The van der Waals surface area contributed by atoms with Gasteiger partial charge in [-0.25, -0.2) is 9.59 Å². The lowest BCUT2D eigenvalue weighted by molar-refractivity contribution is -0.664. The Morgan fingerprint density at radius 2 is 1.82 bits per heavy atom. The van der Waals surface area contributed by atoms with Crippen molar-refractivity contribution < 1.29 is 24.0 Å². The molecule has 4 rings (SSSR count). The predicted molar refractivity (Wildman–Crippen MR) is 120 cm³/mol. The molecular formula is C23H34N5O5+. The number of urea groups is 1. The Kier molecular flexibility index (Phi) is 6.73. The quantitative estimate of drug-likeness (QED) is 0.518. The molecule has 10 nitrogen and oxygen atoms in total. The minimum atomic E-state index is -0.567. The summed E-state index contributed by atoms with van der Waals surface area (Å²) >= 11 is 0. The van der Waals surface area contributed by atoms with Crippen molar-refractivity contribution in [2.45, 2.75) is 76.9 Å². The Bertz CT molecular complexity index is 866. The van der Waals surface area contributed by atoms with Crippen molar-refractivity contribution in [1.29, 1.82) is 0 Å². The van der Waals surface area contributed by atoms with E-state index >= 15 is 0 Å². The zero-order valence-corrected chi connectivity index (χ0v) is 19.6. The van der Waals surface area contributed by atoms with E-state index in [-0.39, 0.29) is 24.2 Å². The number of rotatable bonds is 6. The number of nitroso groups, excluding NO2 is 1. The molecule has 0 aliphatic carbocycles. The molecule has 2 bridgehead atoms. The summed E-state index contributed by atoms with van der Waals surface area (Å²) in [6.07, 6.45) is 1.69. The minimum absolute atomic E-state index is 0.0390. The molecule has 10 heteroatoms. The van der Waals surface area contributed by atoms with Crippen molar-refractivity contribution in [3.8, 4) is 0 Å². The van der Waals surface area contributed by atoms with Gasteiger partial charge in [0.1, 0.15) is 17.1 Å². The van der Waals surface area contributed by atoms with Crippen LogP contribution < -0.4 is 5.43 Å². The molecule has 2 unspecified atom stereocenters. The van der Waals surface area contributed by atoms with Gasteiger partial charge in [0.15, 0.2) is 0 Å². The molecule has 2 atom stereocenters. The van der Waals surface area contributed by atoms with E-state index in [0.717, 1.165) is 10.4 Å². The average Bonchev–Trinajstić information content (AvgIpc) is 3.01. The largest absolute Gasteiger partial charge is 0.444 e. The number of hydrogen-bond donors (Lipinski definition) is 1. The third-order valence-corrected chi connectivity index (χ3v) is 6.23. The standard InChI is InChI=1S/C23H34N5O5/c1-23(2,3)33-22(30)25-13-11-18(12-14-25)24-28(31)20-10-9-19-15-26(20)21(29)27(19)32-16-17-7-5-4-6-8-17/h4-8,18-20H,9-16H2,1-3H3,(H,24,31)/q+1. The molecule has 3 heterocycles. The molecule has 3 aliphatic rings. The predicted octanol–water partition coefficient (Wildman–Crippen LogP) is 3.03. The summed E-state index contributed by atoms with van der Waals surface area (Å²) in [4.78, 5) is 48.0. The summed E-state index contributed by atoms with van der Waals surface area (Å²) in [7, 11) is 0. The summed E-state index contributed by atoms with van der Waals surface area (Å²) in [5.74, 6) is 0. The molecule has 1 aromatic rings. The van der Waals surface area contributed by atoms with Crippen molar-refractivity contribution >= 4 is 12.1 Å². The van der Waals surface area contributed by atoms with Gasteiger partial charge >= 0.3 is 18.3 Å². The number of hydrazine groups is 1. The van der Waals surface area contributed by atoms with E-state index in [2.05, 4.69) is 5.43 Å². The van der Waals surface area contributed by atoms with Crippen LogP contribution >= 0.6 is 0 Å². The molecule has 3 amide bonds. The zero-order chi connectivity index (χ0) is 23.6. The number of hydroxylamine groups is 2. The summed E-state index contributed by atoms with van der Waals surface area (Å²) in [6, 6.07) is 9.35. The molecule has 0 aromatic heterocycles. The number of hydrogen-bond acceptors (Lipinski definition) is 5. The van der Waals surface area contributed by atoms with Crippen molar-refractivity contribution in [3.63, 3.8) is 0 Å². The summed E-state index contributed by atoms with van der Waals surface area (Å²) < 4.78 is 5.43. The molecule has 1 N–H and O–H groups in total. The highest BCUT2D eigenvalue weighted by Crippen LogP contribution is 2.30. The number of amides is 3. The number of fused-ring (bicyclic) bond motifs is 2. The third-order valence-electron chi connectivity index (χ3n) is 6.23. The topological polar surface area (TPSA) is 94.4 Å². The first kappa shape index (κ1) is 23.3. The van der Waals surface area contributed by atoms with Gasteiger partial charge in [-0.3, -0.25) is 9.74 Å². The second-order valence-corrected chi connectivity index (χ2v) is 9.93. The monoisotopic (exact) mass is 460 g/mol. The van der Waals surface area contributed by atoms with Crippen molar-refractivity contribution in [3.05, 3.63) is 40.8 Å². The van der Waals surface area contributed by atoms with Crippen LogP contribution in [0, 0.1) is 4.91 Å². The van der Waals surface area contributed by atoms with E-state index < -0.39 is 11.8 Å². The SMILES string of the molecule is CC(C)(C)OC(=O)N1CCC(N[N+](=O)C2CCC3CN2C(=O)N3OCc2ccccc2)CC1. The first-order valence-electron chi connectivity index (χ1n) is 11.7. The summed E-state index contributed by atoms with van der Waals surface area (Å²) in [6.45, 7) is 7.38. The molecule has 3 aliphatic heterocycles. The molecule has 180 valence electrons. The molecule has 0 saturated carbocycles. The third kappa shape index (κ3) is 5.55. The lowest BCUT2D eigenvalue weighted by Gasteiger charge is -2.33. The van der Waals surface area contributed by atoms with Crippen LogP contribution in [0.2, 0.25) is 0 Å². The number of ether oxygens (including phenoxy) is 1. The normalized spacial score (nSPS) is 23.6. The molecule has 0 radical (unpaired) electrons. The van der Waals surface area contributed by atoms with Crippen LogP contribution in [0.4, 0.5) is 9.59 Å². The van der Waals surface area contributed by atoms with Gasteiger partial charge in [-0.1, -0.05) is 30.3 Å². The van der Waals surface area contributed by atoms with Gasteiger partial charge in [-0.2, -0.15) is 5.06 Å². The first-order valence-corrected chi connectivity index (χ1v) is 11.7. The van der Waals surface area contributed by atoms with Crippen LogP contribution in [0.5, 0.6) is 0 Å². The number of carbonyl (C=O) groups is 2. The number of nitrogens with one attached hydrogen (secondary N) is 1. The fourth-order valence-electron chi connectivity index (χ4n) is 4.52. The van der Waals surface area contributed by atoms with Gasteiger partial charge in [0.05, 0.1) is 23.5 Å². The number of benzene rings is 1. The lowest BCUT2D eigenvalue weighted by atomic mass is 10.1. The highest BCUT2D eigenvalue weighted by atomic mass is 16.7. The van der Waals surface area contributed by atoms with Gasteiger partial charge < -0.3 is 9.64 Å². The Hall–Kier alpha value is -2.88. The Morgan fingerprint density at radius 3 is 2.48 bits per heavy atom. The number of nitrogens with zero attached hydrogens (tertiary/aromatic N) is 4. The van der Waals surface area contributed by atoms with Crippen LogP contribution in [0.15, 0.2) is 30.3 Å². The molecule has 3 fully saturated rings. The number of piperidine rings is 2. The van der Waals surface area contributed by atoms with Gasteiger partial charge in [0.2, 0.25) is 0 Å². The maximum absolute atomic E-state index is 12.9. The molecular weight excluding hydrogens is 426 g/mol. The summed E-state index contributed by atoms with van der Waals surface area (Å²) in [5.41, 5.74) is 3.48. The fourth-order valence-corrected chi connectivity index (χ4v) is 4.52. The van der Waals surface area contributed by atoms with E-state index in [1.807, 2.05) is 51.1 Å². The van der Waals surface area contributed by atoms with Gasteiger partial charge in [0, 0.05) is 19.5 Å². The van der Waals surface area contributed by atoms with Gasteiger partial charge in [0.25, 0.3) is 0 Å². The Balaban J connectivity index is 1.26. The van der Waals surface area contributed by atoms with Crippen molar-refractivity contribution in [2.75, 3.05) is 19.6 Å². The van der Waals surface area contributed by atoms with E-state index in [4.69, 9.17) is 9.57 Å². The molecule has 0 spiro atoms. The highest BCUT2D eigenvalue weighted by Gasteiger charge is 2.52. The zero-order valence-electron chi connectivity index (χ0n) is 19.6. The average molecular weight is 461 g/mol. The Morgan fingerprint density at radius 1 is 1.12 bits per heavy atom. The van der Waals surface area contributed by atoms with Crippen molar-refractivity contribution in [1.82, 2.24) is 20.3 Å². The lowest BCUT2D eigenvalue weighted by Crippen LogP contribution is -2.55. The van der Waals surface area contributed by atoms with Crippen LogP contribution in [-0.2, 0) is 16.2 Å². The maximum atomic E-state index is 12.9. The number of carbonyl (C=O) groups excluding carboxylic acids is 2. The molecule has 3 saturated heterocycles. The maximum Gasteiger partial charge on any atom is 0.410 e. The second kappa shape index (κ2) is 9.54. The van der Waals surface area contributed by atoms with Crippen LogP contribution in [0.3, 0.4) is 0 Å². The van der Waals surface area contributed by atoms with E-state index in [9.17, 15) is 14.5 Å². The number of likely N-dealkylation sites (tertiary alicyclic amines) is 1. The van der Waals surface area contributed by atoms with Crippen molar-refractivity contribution in [2.24, 2.45) is 0 Å². The molecule has 33 heavy (non-hydrogen) atoms. The summed E-state index contributed by atoms with van der Waals surface area (Å²) in [5, 5.41) is 1.43. The first-order chi connectivity index (χ1) is 15.7. The van der Waals surface area contributed by atoms with Gasteiger partial charge in [-0.15, -0.1) is 5.43 Å².